The summed E-state index contributed by atoms with van der Waals surface area (Å²) in [4.78, 5) is 28.6. The number of rotatable bonds is 5. The molecule has 8 heteroatoms. The van der Waals surface area contributed by atoms with Gasteiger partial charge in [0.1, 0.15) is 23.1 Å². The monoisotopic (exact) mass is 386 g/mol. The first kappa shape index (κ1) is 19.2. The average molecular weight is 386 g/mol. The van der Waals surface area contributed by atoms with Crippen LogP contribution >= 0.6 is 0 Å². The molecule has 28 heavy (non-hydrogen) atoms. The molecule has 1 heterocycles. The predicted octanol–water partition coefficient (Wildman–Crippen LogP) is 4.11. The number of esters is 1. The third kappa shape index (κ3) is 4.06. The summed E-state index contributed by atoms with van der Waals surface area (Å²) in [6.07, 6.45) is -1.32. The largest absolute Gasteiger partial charge is 0.448 e. The number of nitrogens with one attached hydrogen (secondary N) is 1. The minimum atomic E-state index is -1.32. The molecule has 0 unspecified atom stereocenters. The molecule has 0 saturated heterocycles. The minimum absolute atomic E-state index is 0.0874. The van der Waals surface area contributed by atoms with Crippen LogP contribution in [0.25, 0.3) is 11.5 Å². The minimum Gasteiger partial charge on any atom is -0.448 e. The van der Waals surface area contributed by atoms with E-state index in [1.54, 1.807) is 24.3 Å². The van der Waals surface area contributed by atoms with Gasteiger partial charge in [0.05, 0.1) is 0 Å². The van der Waals surface area contributed by atoms with Gasteiger partial charge in [0, 0.05) is 5.56 Å². The Hall–Kier alpha value is -3.55. The lowest BCUT2D eigenvalue weighted by atomic mass is 10.2. The van der Waals surface area contributed by atoms with Crippen LogP contribution in [0.1, 0.15) is 23.2 Å². The number of carbonyl (C=O) groups is 2. The summed E-state index contributed by atoms with van der Waals surface area (Å²) in [7, 11) is 0. The highest BCUT2D eigenvalue weighted by Gasteiger charge is 2.25. The van der Waals surface area contributed by atoms with Gasteiger partial charge in [-0.05, 0) is 38.1 Å². The number of anilines is 1. The van der Waals surface area contributed by atoms with Crippen LogP contribution in [-0.4, -0.2) is 23.0 Å². The first-order valence-electron chi connectivity index (χ1n) is 8.35. The van der Waals surface area contributed by atoms with Crippen molar-refractivity contribution in [3.8, 4) is 11.5 Å². The van der Waals surface area contributed by atoms with E-state index in [4.69, 9.17) is 9.15 Å². The van der Waals surface area contributed by atoms with Crippen LogP contribution in [0.4, 0.5) is 14.5 Å². The molecule has 1 N–H and O–H groups in total. The van der Waals surface area contributed by atoms with Crippen LogP contribution in [0.3, 0.4) is 0 Å². The molecule has 1 atom stereocenters. The maximum atomic E-state index is 13.6. The van der Waals surface area contributed by atoms with E-state index in [2.05, 4.69) is 10.3 Å². The maximum Gasteiger partial charge on any atom is 0.361 e. The Morgan fingerprint density at radius 1 is 1.07 bits per heavy atom. The van der Waals surface area contributed by atoms with Crippen LogP contribution in [0.2, 0.25) is 0 Å². The number of ether oxygens (including phenoxy) is 1. The summed E-state index contributed by atoms with van der Waals surface area (Å²) >= 11 is 0. The van der Waals surface area contributed by atoms with E-state index in [1.165, 1.54) is 19.9 Å². The van der Waals surface area contributed by atoms with Gasteiger partial charge in [-0.3, -0.25) is 4.79 Å². The fraction of sp³-hybridized carbons (Fsp3) is 0.150. The molecule has 0 bridgehead atoms. The number of aromatic nitrogens is 1. The first-order chi connectivity index (χ1) is 13.4. The number of hydrogen-bond acceptors (Lipinski definition) is 5. The molecular formula is C20H16F2N2O4. The highest BCUT2D eigenvalue weighted by Crippen LogP contribution is 2.22. The second kappa shape index (κ2) is 7.99. The number of halogens is 2. The third-order valence-corrected chi connectivity index (χ3v) is 3.87. The van der Waals surface area contributed by atoms with E-state index in [9.17, 15) is 18.4 Å². The van der Waals surface area contributed by atoms with Gasteiger partial charge >= 0.3 is 5.97 Å². The highest BCUT2D eigenvalue weighted by molar-refractivity contribution is 5.97. The molecule has 0 aliphatic heterocycles. The summed E-state index contributed by atoms with van der Waals surface area (Å²) in [6, 6.07) is 12.1. The smallest absolute Gasteiger partial charge is 0.361 e. The fourth-order valence-electron chi connectivity index (χ4n) is 2.40. The standard InChI is InChI=1S/C20H16F2N2O4/c1-11-16(24-19(27-11)13-7-4-3-5-8-13)20(26)28-12(2)18(25)23-17-14(21)9-6-10-15(17)22/h3-10,12H,1-2H3,(H,23,25)/t12-/m1/s1. The summed E-state index contributed by atoms with van der Waals surface area (Å²) in [6.45, 7) is 2.81. The van der Waals surface area contributed by atoms with Crippen molar-refractivity contribution in [1.82, 2.24) is 4.98 Å². The van der Waals surface area contributed by atoms with Gasteiger partial charge in [-0.1, -0.05) is 24.3 Å². The van der Waals surface area contributed by atoms with Crippen molar-refractivity contribution in [3.63, 3.8) is 0 Å². The van der Waals surface area contributed by atoms with Crippen LogP contribution in [0.15, 0.2) is 52.9 Å². The van der Waals surface area contributed by atoms with E-state index < -0.39 is 35.3 Å². The topological polar surface area (TPSA) is 81.4 Å². The Morgan fingerprint density at radius 2 is 1.71 bits per heavy atom. The molecule has 2 aromatic carbocycles. The summed E-state index contributed by atoms with van der Waals surface area (Å²) in [5.41, 5.74) is -0.0274. The average Bonchev–Trinajstić information content (AvgIpc) is 3.07. The number of aryl methyl sites for hydroxylation is 1. The van der Waals surface area contributed by atoms with E-state index in [0.29, 0.717) is 5.56 Å². The number of oxazole rings is 1. The van der Waals surface area contributed by atoms with Crippen molar-refractivity contribution in [1.29, 1.82) is 0 Å². The van der Waals surface area contributed by atoms with Crippen LogP contribution < -0.4 is 5.32 Å². The molecule has 1 amide bonds. The van der Waals surface area contributed by atoms with Crippen LogP contribution in [0.5, 0.6) is 0 Å². The summed E-state index contributed by atoms with van der Waals surface area (Å²) in [5, 5.41) is 2.07. The Labute approximate surface area is 159 Å². The summed E-state index contributed by atoms with van der Waals surface area (Å²) in [5.74, 6) is -3.20. The molecule has 0 saturated carbocycles. The lowest BCUT2D eigenvalue weighted by Crippen LogP contribution is -2.31. The summed E-state index contributed by atoms with van der Waals surface area (Å²) < 4.78 is 37.8. The lowest BCUT2D eigenvalue weighted by molar-refractivity contribution is -0.123. The molecule has 0 spiro atoms. The molecule has 0 aliphatic carbocycles. The Balaban J connectivity index is 1.71. The van der Waals surface area contributed by atoms with E-state index in [1.807, 2.05) is 6.07 Å². The van der Waals surface area contributed by atoms with Gasteiger partial charge < -0.3 is 14.5 Å². The maximum absolute atomic E-state index is 13.6. The Kier molecular flexibility index (Phi) is 5.49. The SMILES string of the molecule is Cc1oc(-c2ccccc2)nc1C(=O)O[C@H](C)C(=O)Nc1c(F)cccc1F. The number of para-hydroxylation sites is 1. The zero-order chi connectivity index (χ0) is 20.3. The van der Waals surface area contributed by atoms with Gasteiger partial charge in [-0.25, -0.2) is 18.6 Å². The van der Waals surface area contributed by atoms with Gasteiger partial charge in [-0.2, -0.15) is 0 Å². The van der Waals surface area contributed by atoms with Crippen molar-refractivity contribution >= 4 is 17.6 Å². The van der Waals surface area contributed by atoms with Gasteiger partial charge in [0.2, 0.25) is 5.89 Å². The van der Waals surface area contributed by atoms with Gasteiger partial charge in [0.15, 0.2) is 11.8 Å². The van der Waals surface area contributed by atoms with Crippen LogP contribution in [-0.2, 0) is 9.53 Å². The molecule has 6 nitrogen and oxygen atoms in total. The van der Waals surface area contributed by atoms with Gasteiger partial charge in [-0.15, -0.1) is 0 Å². The Bertz CT molecular complexity index is 998. The van der Waals surface area contributed by atoms with Crippen molar-refractivity contribution in [2.75, 3.05) is 5.32 Å². The molecule has 0 fully saturated rings. The van der Waals surface area contributed by atoms with Crippen molar-refractivity contribution < 1.29 is 27.5 Å². The van der Waals surface area contributed by atoms with Crippen molar-refractivity contribution in [3.05, 3.63) is 71.6 Å². The molecule has 1 aromatic heterocycles. The third-order valence-electron chi connectivity index (χ3n) is 3.87. The number of benzene rings is 2. The molecule has 3 rings (SSSR count). The van der Waals surface area contributed by atoms with E-state index in [-0.39, 0.29) is 17.3 Å². The number of carbonyl (C=O) groups excluding carboxylic acids is 2. The lowest BCUT2D eigenvalue weighted by Gasteiger charge is -2.13. The molecule has 0 aliphatic rings. The zero-order valence-electron chi connectivity index (χ0n) is 15.0. The van der Waals surface area contributed by atoms with E-state index >= 15 is 0 Å². The van der Waals surface area contributed by atoms with Crippen molar-refractivity contribution in [2.24, 2.45) is 0 Å². The quantitative estimate of drug-likeness (QED) is 0.668. The Morgan fingerprint density at radius 3 is 2.36 bits per heavy atom. The van der Waals surface area contributed by atoms with Crippen LogP contribution in [0, 0.1) is 18.6 Å². The number of amides is 1. The molecule has 3 aromatic rings. The first-order valence-corrected chi connectivity index (χ1v) is 8.35. The second-order valence-electron chi connectivity index (χ2n) is 5.92. The normalized spacial score (nSPS) is 11.7. The molecule has 0 radical (unpaired) electrons. The predicted molar refractivity (Wildman–Crippen MR) is 96.5 cm³/mol. The fourth-order valence-corrected chi connectivity index (χ4v) is 2.40. The highest BCUT2D eigenvalue weighted by atomic mass is 19.1. The zero-order valence-corrected chi connectivity index (χ0v) is 15.0. The molecular weight excluding hydrogens is 370 g/mol. The van der Waals surface area contributed by atoms with Gasteiger partial charge in [0.25, 0.3) is 5.91 Å². The number of nitrogens with zero attached hydrogens (tertiary/aromatic N) is 1. The van der Waals surface area contributed by atoms with E-state index in [0.717, 1.165) is 12.1 Å². The molecule has 144 valence electrons. The van der Waals surface area contributed by atoms with Crippen molar-refractivity contribution in [2.45, 2.75) is 20.0 Å². The second-order valence-corrected chi connectivity index (χ2v) is 5.92. The number of hydrogen-bond donors (Lipinski definition) is 1.